The Balaban J connectivity index is 2.14. The molecule has 2 aromatic rings. The highest BCUT2D eigenvalue weighted by atomic mass is 15.3. The summed E-state index contributed by atoms with van der Waals surface area (Å²) < 4.78 is 2.13. The zero-order valence-electron chi connectivity index (χ0n) is 10.1. The lowest BCUT2D eigenvalue weighted by atomic mass is 10.0. The average Bonchev–Trinajstić information content (AvgIpc) is 2.78. The summed E-state index contributed by atoms with van der Waals surface area (Å²) in [6, 6.07) is 10.5. The van der Waals surface area contributed by atoms with Crippen LogP contribution in [-0.4, -0.2) is 16.3 Å². The first-order valence-electron chi connectivity index (χ1n) is 6.25. The van der Waals surface area contributed by atoms with Crippen molar-refractivity contribution < 1.29 is 0 Å². The van der Waals surface area contributed by atoms with E-state index >= 15 is 0 Å². The molecule has 0 spiro atoms. The van der Waals surface area contributed by atoms with Gasteiger partial charge in [-0.05, 0) is 19.9 Å². The summed E-state index contributed by atoms with van der Waals surface area (Å²) in [6.45, 7) is 5.10. The molecule has 1 N–H and O–H groups in total. The maximum atomic E-state index is 4.76. The highest BCUT2D eigenvalue weighted by Crippen LogP contribution is 2.27. The first-order valence-corrected chi connectivity index (χ1v) is 6.25. The highest BCUT2D eigenvalue weighted by Gasteiger charge is 2.20. The molecule has 88 valence electrons. The van der Waals surface area contributed by atoms with E-state index in [0.717, 1.165) is 26.1 Å². The fourth-order valence-corrected chi connectivity index (χ4v) is 2.50. The van der Waals surface area contributed by atoms with Crippen LogP contribution in [0.25, 0.3) is 11.3 Å². The summed E-state index contributed by atoms with van der Waals surface area (Å²) in [5, 5.41) is 8.18. The monoisotopic (exact) mass is 227 g/mol. The minimum Gasteiger partial charge on any atom is -0.311 e. The van der Waals surface area contributed by atoms with E-state index in [9.17, 15) is 0 Å². The first kappa shape index (κ1) is 10.5. The number of aryl methyl sites for hydroxylation is 1. The molecule has 0 bridgehead atoms. The molecular formula is C14H17N3. The molecule has 0 fully saturated rings. The lowest BCUT2D eigenvalue weighted by Crippen LogP contribution is -2.25. The largest absolute Gasteiger partial charge is 0.311 e. The van der Waals surface area contributed by atoms with E-state index in [1.54, 1.807) is 0 Å². The Morgan fingerprint density at radius 1 is 1.29 bits per heavy atom. The summed E-state index contributed by atoms with van der Waals surface area (Å²) >= 11 is 0. The van der Waals surface area contributed by atoms with Crippen LogP contribution < -0.4 is 5.32 Å². The van der Waals surface area contributed by atoms with E-state index < -0.39 is 0 Å². The number of hydrogen-bond donors (Lipinski definition) is 1. The maximum Gasteiger partial charge on any atom is 0.0959 e. The third-order valence-electron chi connectivity index (χ3n) is 3.36. The summed E-state index contributed by atoms with van der Waals surface area (Å²) in [6.07, 6.45) is 1.08. The van der Waals surface area contributed by atoms with Gasteiger partial charge in [0.15, 0.2) is 0 Å². The Kier molecular flexibility index (Phi) is 2.69. The first-order chi connectivity index (χ1) is 8.40. The van der Waals surface area contributed by atoms with Crippen LogP contribution in [0.1, 0.15) is 18.2 Å². The molecule has 0 saturated carbocycles. The molecule has 0 amide bonds. The zero-order chi connectivity index (χ0) is 11.7. The number of benzene rings is 1. The van der Waals surface area contributed by atoms with Gasteiger partial charge in [-0.2, -0.15) is 5.10 Å². The van der Waals surface area contributed by atoms with E-state index in [0.29, 0.717) is 0 Å². The predicted octanol–water partition coefficient (Wildman–Crippen LogP) is 2.22. The van der Waals surface area contributed by atoms with Gasteiger partial charge in [-0.25, -0.2) is 0 Å². The molecule has 0 atom stereocenters. The van der Waals surface area contributed by atoms with E-state index in [1.807, 2.05) is 6.07 Å². The Labute approximate surface area is 101 Å². The molecule has 2 heterocycles. The van der Waals surface area contributed by atoms with Crippen molar-refractivity contribution in [1.82, 2.24) is 15.1 Å². The summed E-state index contributed by atoms with van der Waals surface area (Å²) in [7, 11) is 0. The van der Waals surface area contributed by atoms with Crippen molar-refractivity contribution in [3.63, 3.8) is 0 Å². The number of nitrogens with one attached hydrogen (secondary N) is 1. The van der Waals surface area contributed by atoms with Gasteiger partial charge in [0.2, 0.25) is 0 Å². The van der Waals surface area contributed by atoms with Gasteiger partial charge in [-0.15, -0.1) is 0 Å². The molecule has 1 aromatic carbocycles. The zero-order valence-corrected chi connectivity index (χ0v) is 10.1. The van der Waals surface area contributed by atoms with Crippen LogP contribution in [0.2, 0.25) is 0 Å². The normalized spacial score (nSPS) is 14.6. The van der Waals surface area contributed by atoms with Crippen molar-refractivity contribution in [2.45, 2.75) is 26.4 Å². The molecule has 0 radical (unpaired) electrons. The van der Waals surface area contributed by atoms with Gasteiger partial charge in [0.25, 0.3) is 0 Å². The lowest BCUT2D eigenvalue weighted by molar-refractivity contribution is 0.560. The van der Waals surface area contributed by atoms with Gasteiger partial charge in [-0.1, -0.05) is 30.3 Å². The van der Waals surface area contributed by atoms with Crippen molar-refractivity contribution in [2.75, 3.05) is 6.54 Å². The third kappa shape index (κ3) is 1.76. The Morgan fingerprint density at radius 2 is 2.12 bits per heavy atom. The molecule has 17 heavy (non-hydrogen) atoms. The van der Waals surface area contributed by atoms with Crippen molar-refractivity contribution in [3.8, 4) is 11.3 Å². The van der Waals surface area contributed by atoms with Crippen molar-refractivity contribution in [2.24, 2.45) is 0 Å². The fourth-order valence-electron chi connectivity index (χ4n) is 2.50. The molecule has 1 aliphatic heterocycles. The minimum atomic E-state index is 0.941. The molecule has 0 saturated heterocycles. The number of rotatable bonds is 2. The second-order valence-corrected chi connectivity index (χ2v) is 4.38. The van der Waals surface area contributed by atoms with Crippen LogP contribution in [0.3, 0.4) is 0 Å². The van der Waals surface area contributed by atoms with E-state index in [2.05, 4.69) is 41.2 Å². The number of fused-ring (bicyclic) bond motifs is 1. The predicted molar refractivity (Wildman–Crippen MR) is 68.7 cm³/mol. The summed E-state index contributed by atoms with van der Waals surface area (Å²) in [5.41, 5.74) is 5.19. The van der Waals surface area contributed by atoms with Gasteiger partial charge in [-0.3, -0.25) is 4.68 Å². The average molecular weight is 227 g/mol. The number of aromatic nitrogens is 2. The van der Waals surface area contributed by atoms with Gasteiger partial charge >= 0.3 is 0 Å². The maximum absolute atomic E-state index is 4.76. The third-order valence-corrected chi connectivity index (χ3v) is 3.36. The second kappa shape index (κ2) is 4.34. The van der Waals surface area contributed by atoms with Crippen LogP contribution in [0, 0.1) is 0 Å². The van der Waals surface area contributed by atoms with Crippen molar-refractivity contribution >= 4 is 0 Å². The molecule has 3 nitrogen and oxygen atoms in total. The van der Waals surface area contributed by atoms with Crippen molar-refractivity contribution in [1.29, 1.82) is 0 Å². The lowest BCUT2D eigenvalue weighted by Gasteiger charge is -2.15. The Morgan fingerprint density at radius 3 is 2.88 bits per heavy atom. The Bertz CT molecular complexity index is 514. The van der Waals surface area contributed by atoms with Gasteiger partial charge in [0.05, 0.1) is 11.4 Å². The standard InChI is InChI=1S/C14H17N3/c1-2-17-13-10-15-9-8-12(13)14(16-17)11-6-4-3-5-7-11/h3-7,15H,2,8-10H2,1H3. The van der Waals surface area contributed by atoms with Crippen molar-refractivity contribution in [3.05, 3.63) is 41.6 Å². The van der Waals surface area contributed by atoms with Crippen LogP contribution in [-0.2, 0) is 19.5 Å². The van der Waals surface area contributed by atoms with E-state index in [4.69, 9.17) is 5.10 Å². The van der Waals surface area contributed by atoms with Gasteiger partial charge < -0.3 is 5.32 Å². The van der Waals surface area contributed by atoms with Gasteiger partial charge in [0, 0.05) is 24.2 Å². The van der Waals surface area contributed by atoms with E-state index in [1.165, 1.54) is 22.5 Å². The smallest absolute Gasteiger partial charge is 0.0959 e. The fraction of sp³-hybridized carbons (Fsp3) is 0.357. The number of nitrogens with zero attached hydrogens (tertiary/aromatic N) is 2. The minimum absolute atomic E-state index is 0.941. The van der Waals surface area contributed by atoms with Crippen LogP contribution in [0.15, 0.2) is 30.3 Å². The topological polar surface area (TPSA) is 29.9 Å². The molecule has 0 aliphatic carbocycles. The molecule has 0 unspecified atom stereocenters. The Hall–Kier alpha value is -1.61. The van der Waals surface area contributed by atoms with Crippen LogP contribution in [0.4, 0.5) is 0 Å². The molecule has 3 heteroatoms. The second-order valence-electron chi connectivity index (χ2n) is 4.38. The molecule has 3 rings (SSSR count). The number of hydrogen-bond acceptors (Lipinski definition) is 2. The van der Waals surface area contributed by atoms with E-state index in [-0.39, 0.29) is 0 Å². The van der Waals surface area contributed by atoms with Crippen LogP contribution >= 0.6 is 0 Å². The quantitative estimate of drug-likeness (QED) is 0.852. The molecular weight excluding hydrogens is 210 g/mol. The SMILES string of the molecule is CCn1nc(-c2ccccc2)c2c1CNCC2. The highest BCUT2D eigenvalue weighted by molar-refractivity contribution is 5.64. The van der Waals surface area contributed by atoms with Gasteiger partial charge in [0.1, 0.15) is 0 Å². The molecule has 1 aromatic heterocycles. The molecule has 1 aliphatic rings. The van der Waals surface area contributed by atoms with Crippen LogP contribution in [0.5, 0.6) is 0 Å². The summed E-state index contributed by atoms with van der Waals surface area (Å²) in [5.74, 6) is 0. The summed E-state index contributed by atoms with van der Waals surface area (Å²) in [4.78, 5) is 0.